The summed E-state index contributed by atoms with van der Waals surface area (Å²) >= 11 is 0. The summed E-state index contributed by atoms with van der Waals surface area (Å²) in [5.41, 5.74) is 4.48. The predicted molar refractivity (Wildman–Crippen MR) is 63.5 cm³/mol. The molecule has 0 heterocycles. The molecule has 0 aliphatic rings. The number of hydrogen-bond acceptors (Lipinski definition) is 1. The van der Waals surface area contributed by atoms with Crippen molar-refractivity contribution in [1.29, 1.82) is 0 Å². The quantitative estimate of drug-likeness (QED) is 0.640. The molecular weight excluding hydrogens is 184 g/mol. The summed E-state index contributed by atoms with van der Waals surface area (Å²) in [6, 6.07) is 8.21. The zero-order valence-corrected chi connectivity index (χ0v) is 9.29. The first-order chi connectivity index (χ1) is 7.11. The summed E-state index contributed by atoms with van der Waals surface area (Å²) in [7, 11) is 0. The normalized spacial score (nSPS) is 10.6. The third-order valence-electron chi connectivity index (χ3n) is 2.93. The lowest BCUT2D eigenvalue weighted by Crippen LogP contribution is -1.88. The summed E-state index contributed by atoms with van der Waals surface area (Å²) < 4.78 is 0. The van der Waals surface area contributed by atoms with Crippen LogP contribution in [0.4, 0.5) is 0 Å². The molecule has 0 aromatic heterocycles. The molecule has 0 fully saturated rings. The second-order valence-corrected chi connectivity index (χ2v) is 4.11. The van der Waals surface area contributed by atoms with E-state index in [0.29, 0.717) is 0 Å². The lowest BCUT2D eigenvalue weighted by Gasteiger charge is -2.07. The number of carbonyl (C=O) groups excluding carboxylic acids is 1. The van der Waals surface area contributed by atoms with Gasteiger partial charge in [-0.25, -0.2) is 0 Å². The first kappa shape index (κ1) is 9.91. The van der Waals surface area contributed by atoms with Gasteiger partial charge in [0.15, 0.2) is 0 Å². The Bertz CT molecular complexity index is 539. The van der Waals surface area contributed by atoms with E-state index in [2.05, 4.69) is 26.0 Å². The number of hydrogen-bond donors (Lipinski definition) is 0. The molecule has 1 heteroatoms. The number of aldehydes is 1. The van der Waals surface area contributed by atoms with E-state index < -0.39 is 0 Å². The summed E-state index contributed by atoms with van der Waals surface area (Å²) in [6.07, 6.45) is 0.904. The van der Waals surface area contributed by atoms with Crippen molar-refractivity contribution in [2.75, 3.05) is 0 Å². The van der Waals surface area contributed by atoms with Crippen LogP contribution >= 0.6 is 0 Å². The van der Waals surface area contributed by atoms with Crippen LogP contribution in [-0.4, -0.2) is 6.29 Å². The molecule has 0 atom stereocenters. The third-order valence-corrected chi connectivity index (χ3v) is 2.93. The van der Waals surface area contributed by atoms with Crippen LogP contribution in [0.1, 0.15) is 27.0 Å². The van der Waals surface area contributed by atoms with Crippen molar-refractivity contribution >= 4 is 17.1 Å². The van der Waals surface area contributed by atoms with Gasteiger partial charge in [0.25, 0.3) is 0 Å². The smallest absolute Gasteiger partial charge is 0.150 e. The fourth-order valence-electron chi connectivity index (χ4n) is 1.92. The van der Waals surface area contributed by atoms with Gasteiger partial charge < -0.3 is 0 Å². The van der Waals surface area contributed by atoms with Crippen molar-refractivity contribution in [2.24, 2.45) is 0 Å². The molecule has 2 rings (SSSR count). The Morgan fingerprint density at radius 1 is 0.867 bits per heavy atom. The van der Waals surface area contributed by atoms with Crippen LogP contribution in [0.3, 0.4) is 0 Å². The van der Waals surface area contributed by atoms with E-state index in [0.717, 1.165) is 22.8 Å². The Morgan fingerprint density at radius 2 is 1.53 bits per heavy atom. The molecule has 0 saturated carbocycles. The first-order valence-electron chi connectivity index (χ1n) is 5.08. The lowest BCUT2D eigenvalue weighted by molar-refractivity contribution is 0.112. The molecule has 0 N–H and O–H groups in total. The van der Waals surface area contributed by atoms with E-state index >= 15 is 0 Å². The van der Waals surface area contributed by atoms with Gasteiger partial charge in [0.1, 0.15) is 6.29 Å². The molecule has 2 aromatic carbocycles. The van der Waals surface area contributed by atoms with E-state index in [-0.39, 0.29) is 0 Å². The fraction of sp³-hybridized carbons (Fsp3) is 0.214. The summed E-state index contributed by atoms with van der Waals surface area (Å²) in [5, 5.41) is 2.39. The zero-order valence-electron chi connectivity index (χ0n) is 9.29. The summed E-state index contributed by atoms with van der Waals surface area (Å²) in [6.45, 7) is 6.25. The van der Waals surface area contributed by atoms with Crippen molar-refractivity contribution in [3.63, 3.8) is 0 Å². The standard InChI is InChI=1S/C14H14O/c1-9-5-13-7-12(8-15)4-11(3)14(13)6-10(9)2/h4-8H,1-3H3. The van der Waals surface area contributed by atoms with Gasteiger partial charge in [-0.1, -0.05) is 12.1 Å². The van der Waals surface area contributed by atoms with E-state index in [1.807, 2.05) is 19.1 Å². The van der Waals surface area contributed by atoms with Gasteiger partial charge in [-0.2, -0.15) is 0 Å². The van der Waals surface area contributed by atoms with Gasteiger partial charge in [-0.05, 0) is 60.4 Å². The van der Waals surface area contributed by atoms with Crippen LogP contribution in [0.25, 0.3) is 10.8 Å². The summed E-state index contributed by atoms with van der Waals surface area (Å²) in [5.74, 6) is 0. The van der Waals surface area contributed by atoms with Crippen molar-refractivity contribution in [3.8, 4) is 0 Å². The molecule has 0 bridgehead atoms. The van der Waals surface area contributed by atoms with Gasteiger partial charge in [-0.3, -0.25) is 4.79 Å². The van der Waals surface area contributed by atoms with Crippen LogP contribution in [-0.2, 0) is 0 Å². The van der Waals surface area contributed by atoms with Crippen LogP contribution in [0, 0.1) is 20.8 Å². The molecule has 0 amide bonds. The van der Waals surface area contributed by atoms with E-state index in [4.69, 9.17) is 0 Å². The molecular formula is C14H14O. The maximum atomic E-state index is 10.8. The SMILES string of the molecule is Cc1cc2cc(C=O)cc(C)c2cc1C. The predicted octanol–water partition coefficient (Wildman–Crippen LogP) is 3.58. The topological polar surface area (TPSA) is 17.1 Å². The Hall–Kier alpha value is -1.63. The van der Waals surface area contributed by atoms with Crippen molar-refractivity contribution < 1.29 is 4.79 Å². The maximum Gasteiger partial charge on any atom is 0.150 e. The second-order valence-electron chi connectivity index (χ2n) is 4.11. The number of carbonyl (C=O) groups is 1. The highest BCUT2D eigenvalue weighted by Crippen LogP contribution is 2.23. The Morgan fingerprint density at radius 3 is 2.20 bits per heavy atom. The molecule has 15 heavy (non-hydrogen) atoms. The van der Waals surface area contributed by atoms with E-state index in [1.54, 1.807) is 0 Å². The minimum absolute atomic E-state index is 0.753. The molecule has 0 aliphatic carbocycles. The second kappa shape index (κ2) is 3.50. The monoisotopic (exact) mass is 198 g/mol. The highest BCUT2D eigenvalue weighted by molar-refractivity contribution is 5.92. The summed E-state index contributed by atoms with van der Waals surface area (Å²) in [4.78, 5) is 10.8. The largest absolute Gasteiger partial charge is 0.298 e. The minimum atomic E-state index is 0.753. The molecule has 0 aliphatic heterocycles. The highest BCUT2D eigenvalue weighted by Gasteiger charge is 2.02. The van der Waals surface area contributed by atoms with Gasteiger partial charge in [0.2, 0.25) is 0 Å². The number of rotatable bonds is 1. The average molecular weight is 198 g/mol. The number of fused-ring (bicyclic) bond motifs is 1. The van der Waals surface area contributed by atoms with Crippen molar-refractivity contribution in [1.82, 2.24) is 0 Å². The number of aryl methyl sites for hydroxylation is 3. The molecule has 1 nitrogen and oxygen atoms in total. The van der Waals surface area contributed by atoms with Gasteiger partial charge in [-0.15, -0.1) is 0 Å². The lowest BCUT2D eigenvalue weighted by atomic mass is 9.97. The molecule has 0 saturated heterocycles. The van der Waals surface area contributed by atoms with Crippen molar-refractivity contribution in [3.05, 3.63) is 46.5 Å². The van der Waals surface area contributed by atoms with Gasteiger partial charge in [0, 0.05) is 5.56 Å². The Kier molecular flexibility index (Phi) is 2.31. The maximum absolute atomic E-state index is 10.8. The molecule has 2 aromatic rings. The highest BCUT2D eigenvalue weighted by atomic mass is 16.1. The Labute approximate surface area is 89.7 Å². The van der Waals surface area contributed by atoms with E-state index in [1.165, 1.54) is 16.5 Å². The van der Waals surface area contributed by atoms with Crippen LogP contribution < -0.4 is 0 Å². The average Bonchev–Trinajstić information content (AvgIpc) is 2.21. The first-order valence-corrected chi connectivity index (χ1v) is 5.08. The molecule has 0 unspecified atom stereocenters. The van der Waals surface area contributed by atoms with Gasteiger partial charge in [0.05, 0.1) is 0 Å². The third kappa shape index (κ3) is 1.65. The molecule has 0 spiro atoms. The fourth-order valence-corrected chi connectivity index (χ4v) is 1.92. The van der Waals surface area contributed by atoms with Gasteiger partial charge >= 0.3 is 0 Å². The van der Waals surface area contributed by atoms with Crippen LogP contribution in [0.2, 0.25) is 0 Å². The van der Waals surface area contributed by atoms with Crippen molar-refractivity contribution in [2.45, 2.75) is 20.8 Å². The minimum Gasteiger partial charge on any atom is -0.298 e. The molecule has 76 valence electrons. The van der Waals surface area contributed by atoms with Crippen LogP contribution in [0.5, 0.6) is 0 Å². The Balaban J connectivity index is 2.85. The van der Waals surface area contributed by atoms with E-state index in [9.17, 15) is 4.79 Å². The van der Waals surface area contributed by atoms with Crippen LogP contribution in [0.15, 0.2) is 24.3 Å². The number of benzene rings is 2. The zero-order chi connectivity index (χ0) is 11.0. The molecule has 0 radical (unpaired) electrons.